The molecule has 1 aliphatic heterocycles. The van der Waals surface area contributed by atoms with Gasteiger partial charge in [-0.3, -0.25) is 4.79 Å². The number of rotatable bonds is 2. The molecule has 2 aromatic rings. The van der Waals surface area contributed by atoms with Crippen molar-refractivity contribution in [1.29, 1.82) is 0 Å². The van der Waals surface area contributed by atoms with Gasteiger partial charge in [-0.05, 0) is 43.5 Å². The molecule has 6 heteroatoms. The second-order valence-corrected chi connectivity index (χ2v) is 6.94. The summed E-state index contributed by atoms with van der Waals surface area (Å²) in [5.41, 5.74) is 1.01. The van der Waals surface area contributed by atoms with Crippen molar-refractivity contribution in [1.82, 2.24) is 19.9 Å². The Hall–Kier alpha value is -2.21. The number of aromatic nitrogens is 3. The van der Waals surface area contributed by atoms with Crippen LogP contribution in [0.15, 0.2) is 36.7 Å². The number of aliphatic hydroxyl groups is 1. The third-order valence-electron chi connectivity index (χ3n) is 5.52. The Kier molecular flexibility index (Phi) is 3.84. The summed E-state index contributed by atoms with van der Waals surface area (Å²) in [4.78, 5) is 14.7. The Labute approximate surface area is 141 Å². The maximum atomic E-state index is 12.8. The molecule has 2 unspecified atom stereocenters. The van der Waals surface area contributed by atoms with E-state index in [2.05, 4.69) is 10.3 Å². The number of nitrogens with zero attached hydrogens (tertiary/aromatic N) is 4. The van der Waals surface area contributed by atoms with Gasteiger partial charge in [0.2, 0.25) is 0 Å². The number of hydrogen-bond donors (Lipinski definition) is 1. The summed E-state index contributed by atoms with van der Waals surface area (Å²) in [5.74, 6) is 0.270. The van der Waals surface area contributed by atoms with Gasteiger partial charge in [-0.15, -0.1) is 5.10 Å². The average molecular weight is 326 g/mol. The van der Waals surface area contributed by atoms with E-state index in [1.807, 2.05) is 29.2 Å². The zero-order chi connectivity index (χ0) is 16.6. The summed E-state index contributed by atoms with van der Waals surface area (Å²) in [6.45, 7) is 1.30. The maximum Gasteiger partial charge on any atom is 0.253 e. The molecule has 1 aliphatic carbocycles. The highest BCUT2D eigenvalue weighted by atomic mass is 16.3. The topological polar surface area (TPSA) is 71.2 Å². The van der Waals surface area contributed by atoms with Gasteiger partial charge in [-0.2, -0.15) is 0 Å². The fourth-order valence-electron chi connectivity index (χ4n) is 4.04. The molecule has 1 aromatic heterocycles. The number of amides is 1. The second-order valence-electron chi connectivity index (χ2n) is 6.94. The minimum atomic E-state index is -0.550. The van der Waals surface area contributed by atoms with Crippen LogP contribution in [0.5, 0.6) is 0 Å². The van der Waals surface area contributed by atoms with E-state index in [0.717, 1.165) is 31.4 Å². The van der Waals surface area contributed by atoms with E-state index in [9.17, 15) is 9.90 Å². The van der Waals surface area contributed by atoms with Crippen molar-refractivity contribution in [3.8, 4) is 5.69 Å². The lowest BCUT2D eigenvalue weighted by molar-refractivity contribution is -0.0886. The molecule has 2 heterocycles. The molecule has 0 radical (unpaired) electrons. The van der Waals surface area contributed by atoms with E-state index in [0.29, 0.717) is 25.1 Å². The van der Waals surface area contributed by atoms with Crippen LogP contribution in [0.4, 0.5) is 0 Å². The first kappa shape index (κ1) is 15.3. The second kappa shape index (κ2) is 6.02. The Morgan fingerprint density at radius 2 is 2.04 bits per heavy atom. The van der Waals surface area contributed by atoms with Crippen molar-refractivity contribution in [3.63, 3.8) is 0 Å². The molecule has 2 aliphatic rings. The normalized spacial score (nSPS) is 26.9. The number of carbonyl (C=O) groups excluding carboxylic acids is 1. The summed E-state index contributed by atoms with van der Waals surface area (Å²) in [5, 5.41) is 18.5. The first-order chi connectivity index (χ1) is 11.7. The number of piperidine rings is 1. The third kappa shape index (κ3) is 2.71. The SMILES string of the molecule is O=C(c1ccc(-n2ccnn2)cc1)N1CCC2(O)CCCCC2C1. The number of hydrogen-bond acceptors (Lipinski definition) is 4. The van der Waals surface area contributed by atoms with Crippen LogP contribution in [0, 0.1) is 5.92 Å². The lowest BCUT2D eigenvalue weighted by Crippen LogP contribution is -2.54. The Morgan fingerprint density at radius 3 is 2.79 bits per heavy atom. The van der Waals surface area contributed by atoms with Crippen LogP contribution in [-0.2, 0) is 0 Å². The highest BCUT2D eigenvalue weighted by Gasteiger charge is 2.43. The van der Waals surface area contributed by atoms with Gasteiger partial charge in [0.05, 0.1) is 23.7 Å². The van der Waals surface area contributed by atoms with E-state index < -0.39 is 5.60 Å². The molecule has 1 N–H and O–H groups in total. The molecule has 2 atom stereocenters. The Bertz CT molecular complexity index is 713. The lowest BCUT2D eigenvalue weighted by atomic mass is 9.71. The molecule has 6 nitrogen and oxygen atoms in total. The van der Waals surface area contributed by atoms with Gasteiger partial charge in [-0.25, -0.2) is 4.68 Å². The zero-order valence-corrected chi connectivity index (χ0v) is 13.6. The van der Waals surface area contributed by atoms with Crippen LogP contribution in [0.25, 0.3) is 5.69 Å². The quantitative estimate of drug-likeness (QED) is 0.917. The predicted octanol–water partition coefficient (Wildman–Crippen LogP) is 2.03. The van der Waals surface area contributed by atoms with Crippen molar-refractivity contribution >= 4 is 5.91 Å². The first-order valence-corrected chi connectivity index (χ1v) is 8.64. The first-order valence-electron chi connectivity index (χ1n) is 8.64. The fraction of sp³-hybridized carbons (Fsp3) is 0.500. The molecule has 0 bridgehead atoms. The van der Waals surface area contributed by atoms with Crippen molar-refractivity contribution in [2.24, 2.45) is 5.92 Å². The van der Waals surface area contributed by atoms with E-state index >= 15 is 0 Å². The monoisotopic (exact) mass is 326 g/mol. The van der Waals surface area contributed by atoms with Gasteiger partial charge >= 0.3 is 0 Å². The molecule has 24 heavy (non-hydrogen) atoms. The fourth-order valence-corrected chi connectivity index (χ4v) is 4.04. The molecule has 1 aromatic carbocycles. The standard InChI is InChI=1S/C18H22N4O2/c23-17(14-4-6-16(7-5-14)22-12-10-19-20-22)21-11-9-18(24)8-2-1-3-15(18)13-21/h4-7,10,12,15,24H,1-3,8-9,11,13H2. The van der Waals surface area contributed by atoms with Gasteiger partial charge in [0.15, 0.2) is 0 Å². The summed E-state index contributed by atoms with van der Waals surface area (Å²) in [6, 6.07) is 7.42. The van der Waals surface area contributed by atoms with Crippen LogP contribution in [0.1, 0.15) is 42.5 Å². The molecular weight excluding hydrogens is 304 g/mol. The highest BCUT2D eigenvalue weighted by Crippen LogP contribution is 2.40. The van der Waals surface area contributed by atoms with Crippen LogP contribution in [-0.4, -0.2) is 49.6 Å². The molecule has 126 valence electrons. The van der Waals surface area contributed by atoms with E-state index in [-0.39, 0.29) is 11.8 Å². The van der Waals surface area contributed by atoms with Crippen molar-refractivity contribution in [2.75, 3.05) is 13.1 Å². The van der Waals surface area contributed by atoms with E-state index in [1.54, 1.807) is 17.1 Å². The van der Waals surface area contributed by atoms with Crippen LogP contribution in [0.3, 0.4) is 0 Å². The predicted molar refractivity (Wildman–Crippen MR) is 88.8 cm³/mol. The van der Waals surface area contributed by atoms with Crippen molar-refractivity contribution < 1.29 is 9.90 Å². The third-order valence-corrected chi connectivity index (χ3v) is 5.52. The molecule has 0 spiro atoms. The summed E-state index contributed by atoms with van der Waals surface area (Å²) < 4.78 is 1.66. The molecule has 1 amide bonds. The van der Waals surface area contributed by atoms with Crippen LogP contribution >= 0.6 is 0 Å². The smallest absolute Gasteiger partial charge is 0.253 e. The minimum Gasteiger partial charge on any atom is -0.389 e. The number of carbonyl (C=O) groups is 1. The van der Waals surface area contributed by atoms with E-state index in [4.69, 9.17) is 0 Å². The molecule has 2 fully saturated rings. The van der Waals surface area contributed by atoms with Crippen molar-refractivity contribution in [3.05, 3.63) is 42.2 Å². The largest absolute Gasteiger partial charge is 0.389 e. The van der Waals surface area contributed by atoms with Gasteiger partial charge in [0, 0.05) is 24.6 Å². The van der Waals surface area contributed by atoms with E-state index in [1.165, 1.54) is 0 Å². The van der Waals surface area contributed by atoms with Crippen LogP contribution < -0.4 is 0 Å². The number of fused-ring (bicyclic) bond motifs is 1. The minimum absolute atomic E-state index is 0.0489. The average Bonchev–Trinajstić information content (AvgIpc) is 3.15. The highest BCUT2D eigenvalue weighted by molar-refractivity contribution is 5.94. The van der Waals surface area contributed by atoms with Crippen molar-refractivity contribution in [2.45, 2.75) is 37.7 Å². The summed E-state index contributed by atoms with van der Waals surface area (Å²) >= 11 is 0. The molecule has 1 saturated heterocycles. The van der Waals surface area contributed by atoms with Gasteiger partial charge in [0.1, 0.15) is 0 Å². The Morgan fingerprint density at radius 1 is 1.21 bits per heavy atom. The summed E-state index contributed by atoms with van der Waals surface area (Å²) in [6.07, 6.45) is 8.24. The van der Waals surface area contributed by atoms with Crippen LogP contribution in [0.2, 0.25) is 0 Å². The van der Waals surface area contributed by atoms with Gasteiger partial charge in [0.25, 0.3) is 5.91 Å². The summed E-state index contributed by atoms with van der Waals surface area (Å²) in [7, 11) is 0. The number of benzene rings is 1. The van der Waals surface area contributed by atoms with Gasteiger partial charge in [-0.1, -0.05) is 18.1 Å². The maximum absolute atomic E-state index is 12.8. The molecule has 1 saturated carbocycles. The molecular formula is C18H22N4O2. The Balaban J connectivity index is 1.48. The lowest BCUT2D eigenvalue weighted by Gasteiger charge is -2.47. The number of likely N-dealkylation sites (tertiary alicyclic amines) is 1. The zero-order valence-electron chi connectivity index (χ0n) is 13.6. The van der Waals surface area contributed by atoms with Gasteiger partial charge < -0.3 is 10.0 Å². The molecule has 4 rings (SSSR count).